The van der Waals surface area contributed by atoms with Crippen molar-refractivity contribution in [2.24, 2.45) is 16.2 Å². The molecule has 0 aliphatic rings. The minimum Gasteiger partial charge on any atom is -0.380 e. The highest BCUT2D eigenvalue weighted by molar-refractivity contribution is 5.96. The van der Waals surface area contributed by atoms with Crippen molar-refractivity contribution in [3.05, 3.63) is 35.4 Å². The minimum atomic E-state index is 0.0523. The summed E-state index contributed by atoms with van der Waals surface area (Å²) in [5.41, 5.74) is 1.73. The van der Waals surface area contributed by atoms with Gasteiger partial charge in [-0.3, -0.25) is 5.41 Å². The summed E-state index contributed by atoms with van der Waals surface area (Å²) < 4.78 is 4.96. The van der Waals surface area contributed by atoms with Crippen LogP contribution in [-0.4, -0.2) is 12.9 Å². The predicted octanol–water partition coefficient (Wildman–Crippen LogP) is 1.48. The maximum Gasteiger partial charge on any atom is 0.176 e. The van der Waals surface area contributed by atoms with Gasteiger partial charge in [0.05, 0.1) is 6.61 Å². The maximum atomic E-state index is 7.43. The Bertz CT molecular complexity index is 331. The second-order valence-corrected chi connectivity index (χ2v) is 2.69. The van der Waals surface area contributed by atoms with Gasteiger partial charge in [-0.25, -0.2) is 0 Å². The number of rotatable bonds is 3. The van der Waals surface area contributed by atoms with Crippen molar-refractivity contribution in [1.82, 2.24) is 0 Å². The number of nitrogens with one attached hydrogen (secondary N) is 1. The van der Waals surface area contributed by atoms with E-state index in [4.69, 9.17) is 16.0 Å². The van der Waals surface area contributed by atoms with Gasteiger partial charge in [-0.15, -0.1) is 5.11 Å². The molecule has 0 bridgehead atoms. The Hall–Kier alpha value is -1.75. The molecule has 5 heteroatoms. The first-order chi connectivity index (χ1) is 6.77. The van der Waals surface area contributed by atoms with Crippen LogP contribution in [0.2, 0.25) is 0 Å². The topological polar surface area (TPSA) is 83.8 Å². The van der Waals surface area contributed by atoms with Crippen LogP contribution in [0.1, 0.15) is 11.1 Å². The molecular formula is C9H12N4O. The highest BCUT2D eigenvalue weighted by Crippen LogP contribution is 2.06. The number of hydrogen-bond donors (Lipinski definition) is 2. The molecule has 74 valence electrons. The van der Waals surface area contributed by atoms with Gasteiger partial charge >= 0.3 is 0 Å². The van der Waals surface area contributed by atoms with Crippen LogP contribution in [0.15, 0.2) is 34.6 Å². The van der Waals surface area contributed by atoms with Gasteiger partial charge in [-0.2, -0.15) is 0 Å². The molecular weight excluding hydrogens is 180 g/mol. The summed E-state index contributed by atoms with van der Waals surface area (Å²) in [6.07, 6.45) is 0. The van der Waals surface area contributed by atoms with Crippen LogP contribution in [-0.2, 0) is 11.3 Å². The van der Waals surface area contributed by atoms with E-state index in [0.29, 0.717) is 12.2 Å². The summed E-state index contributed by atoms with van der Waals surface area (Å²) in [5, 5.41) is 13.9. The lowest BCUT2D eigenvalue weighted by molar-refractivity contribution is 0.185. The van der Waals surface area contributed by atoms with Gasteiger partial charge < -0.3 is 10.6 Å². The van der Waals surface area contributed by atoms with Crippen molar-refractivity contribution in [1.29, 1.82) is 5.41 Å². The van der Waals surface area contributed by atoms with Gasteiger partial charge in [0, 0.05) is 12.7 Å². The molecule has 0 heterocycles. The van der Waals surface area contributed by atoms with Crippen LogP contribution < -0.4 is 5.84 Å². The highest BCUT2D eigenvalue weighted by atomic mass is 16.5. The molecule has 1 aromatic rings. The molecule has 0 fully saturated rings. The van der Waals surface area contributed by atoms with Crippen molar-refractivity contribution in [3.63, 3.8) is 0 Å². The Kier molecular flexibility index (Phi) is 3.75. The summed E-state index contributed by atoms with van der Waals surface area (Å²) >= 11 is 0. The number of ether oxygens (including phenoxy) is 1. The van der Waals surface area contributed by atoms with E-state index in [2.05, 4.69) is 10.3 Å². The van der Waals surface area contributed by atoms with Crippen LogP contribution in [0.3, 0.4) is 0 Å². The first-order valence-corrected chi connectivity index (χ1v) is 4.05. The molecule has 0 saturated heterocycles. The number of benzene rings is 1. The summed E-state index contributed by atoms with van der Waals surface area (Å²) in [6, 6.07) is 7.32. The molecule has 3 N–H and O–H groups in total. The third-order valence-electron chi connectivity index (χ3n) is 1.70. The van der Waals surface area contributed by atoms with Gasteiger partial charge in [0.2, 0.25) is 0 Å². The molecule has 0 aliphatic heterocycles. The lowest BCUT2D eigenvalue weighted by atomic mass is 10.1. The third kappa shape index (κ3) is 2.63. The van der Waals surface area contributed by atoms with Gasteiger partial charge in [0.25, 0.3) is 0 Å². The molecule has 1 aromatic carbocycles. The van der Waals surface area contributed by atoms with Crippen LogP contribution in [0.4, 0.5) is 0 Å². The molecule has 0 aliphatic carbocycles. The van der Waals surface area contributed by atoms with Gasteiger partial charge in [-0.05, 0) is 5.56 Å². The van der Waals surface area contributed by atoms with Crippen molar-refractivity contribution < 1.29 is 4.74 Å². The fourth-order valence-corrected chi connectivity index (χ4v) is 1.04. The molecule has 0 radical (unpaired) electrons. The SMILES string of the molecule is COCc1ccc(C(=N)N=NN)cc1. The van der Waals surface area contributed by atoms with Gasteiger partial charge in [0.1, 0.15) is 0 Å². The quantitative estimate of drug-likeness (QED) is 0.250. The second-order valence-electron chi connectivity index (χ2n) is 2.69. The summed E-state index contributed by atoms with van der Waals surface area (Å²) in [7, 11) is 1.64. The van der Waals surface area contributed by atoms with E-state index in [0.717, 1.165) is 5.56 Å². The molecule has 0 aromatic heterocycles. The summed E-state index contributed by atoms with van der Waals surface area (Å²) in [4.78, 5) is 0. The minimum absolute atomic E-state index is 0.0523. The zero-order chi connectivity index (χ0) is 10.4. The van der Waals surface area contributed by atoms with Crippen LogP contribution in [0.5, 0.6) is 0 Å². The fourth-order valence-electron chi connectivity index (χ4n) is 1.04. The Balaban J connectivity index is 2.77. The van der Waals surface area contributed by atoms with Gasteiger partial charge in [-0.1, -0.05) is 29.5 Å². The van der Waals surface area contributed by atoms with Crippen molar-refractivity contribution in [2.45, 2.75) is 6.61 Å². The number of hydrogen-bond acceptors (Lipinski definition) is 3. The standard InChI is InChI=1S/C9H12N4O/c1-14-6-7-2-4-8(5-3-7)9(10)12-13-11/h2-5H,6H2,1H3,(H3,10,11,12). The average Bonchev–Trinajstić information content (AvgIpc) is 2.20. The predicted molar refractivity (Wildman–Crippen MR) is 53.0 cm³/mol. The van der Waals surface area contributed by atoms with Crippen LogP contribution >= 0.6 is 0 Å². The third-order valence-corrected chi connectivity index (χ3v) is 1.70. The van der Waals surface area contributed by atoms with Gasteiger partial charge in [0.15, 0.2) is 5.84 Å². The number of nitrogens with zero attached hydrogens (tertiary/aromatic N) is 2. The zero-order valence-corrected chi connectivity index (χ0v) is 7.90. The average molecular weight is 192 g/mol. The molecule has 1 rings (SSSR count). The van der Waals surface area contributed by atoms with Crippen molar-refractivity contribution in [3.8, 4) is 0 Å². The summed E-state index contributed by atoms with van der Waals surface area (Å²) in [5.74, 6) is 4.89. The zero-order valence-electron chi connectivity index (χ0n) is 7.90. The fraction of sp³-hybridized carbons (Fsp3) is 0.222. The Morgan fingerprint density at radius 1 is 1.43 bits per heavy atom. The van der Waals surface area contributed by atoms with E-state index < -0.39 is 0 Å². The van der Waals surface area contributed by atoms with E-state index in [1.54, 1.807) is 19.2 Å². The maximum absolute atomic E-state index is 7.43. The first kappa shape index (κ1) is 10.3. The summed E-state index contributed by atoms with van der Waals surface area (Å²) in [6.45, 7) is 0.562. The number of methoxy groups -OCH3 is 1. The molecule has 5 nitrogen and oxygen atoms in total. The Labute approximate surface area is 82.1 Å². The van der Waals surface area contributed by atoms with Crippen LogP contribution in [0.25, 0.3) is 0 Å². The van der Waals surface area contributed by atoms with Crippen molar-refractivity contribution in [2.75, 3.05) is 7.11 Å². The smallest absolute Gasteiger partial charge is 0.176 e. The molecule has 0 saturated carbocycles. The van der Waals surface area contributed by atoms with Crippen LogP contribution in [0, 0.1) is 5.41 Å². The lowest BCUT2D eigenvalue weighted by Gasteiger charge is -2.00. The van der Waals surface area contributed by atoms with E-state index in [-0.39, 0.29) is 5.84 Å². The monoisotopic (exact) mass is 192 g/mol. The Morgan fingerprint density at radius 2 is 2.07 bits per heavy atom. The van der Waals surface area contributed by atoms with E-state index in [1.165, 1.54) is 0 Å². The number of amidine groups is 1. The van der Waals surface area contributed by atoms with E-state index >= 15 is 0 Å². The first-order valence-electron chi connectivity index (χ1n) is 4.05. The van der Waals surface area contributed by atoms with Crippen molar-refractivity contribution >= 4 is 5.84 Å². The Morgan fingerprint density at radius 3 is 2.57 bits per heavy atom. The molecule has 0 spiro atoms. The van der Waals surface area contributed by atoms with E-state index in [1.807, 2.05) is 12.1 Å². The normalized spacial score (nSPS) is 10.6. The highest BCUT2D eigenvalue weighted by Gasteiger charge is 1.99. The largest absolute Gasteiger partial charge is 0.380 e. The lowest BCUT2D eigenvalue weighted by Crippen LogP contribution is -1.96. The molecule has 0 unspecified atom stereocenters. The second kappa shape index (κ2) is 5.08. The number of nitrogens with two attached hydrogens (primary N) is 1. The van der Waals surface area contributed by atoms with E-state index in [9.17, 15) is 0 Å². The molecule has 0 amide bonds. The molecule has 14 heavy (non-hydrogen) atoms. The molecule has 0 atom stereocenters.